The zero-order valence-corrected chi connectivity index (χ0v) is 14.2. The summed E-state index contributed by atoms with van der Waals surface area (Å²) in [4.78, 5) is 16.4. The van der Waals surface area contributed by atoms with Crippen LogP contribution in [0.2, 0.25) is 5.02 Å². The molecule has 0 aliphatic rings. The third kappa shape index (κ3) is 4.36. The molecule has 1 aromatic heterocycles. The van der Waals surface area contributed by atoms with Gasteiger partial charge < -0.3 is 14.6 Å². The van der Waals surface area contributed by atoms with E-state index in [2.05, 4.69) is 15.5 Å². The van der Waals surface area contributed by atoms with Gasteiger partial charge in [0.2, 0.25) is 11.7 Å². The van der Waals surface area contributed by atoms with Crippen molar-refractivity contribution in [2.24, 2.45) is 0 Å². The third-order valence-electron chi connectivity index (χ3n) is 3.42. The number of hydrogen-bond acceptors (Lipinski definition) is 5. The van der Waals surface area contributed by atoms with Crippen LogP contribution < -0.4 is 10.1 Å². The number of halogens is 1. The molecule has 128 valence electrons. The van der Waals surface area contributed by atoms with Crippen molar-refractivity contribution >= 4 is 17.5 Å². The van der Waals surface area contributed by atoms with Crippen LogP contribution in [0.1, 0.15) is 12.8 Å². The van der Waals surface area contributed by atoms with Gasteiger partial charge in [-0.3, -0.25) is 4.79 Å². The number of carbonyl (C=O) groups is 1. The van der Waals surface area contributed by atoms with E-state index in [-0.39, 0.29) is 12.5 Å². The maximum absolute atomic E-state index is 12.1. The van der Waals surface area contributed by atoms with E-state index in [1.807, 2.05) is 30.3 Å². The minimum Gasteiger partial charge on any atom is -0.479 e. The average Bonchev–Trinajstić information content (AvgIpc) is 3.11. The summed E-state index contributed by atoms with van der Waals surface area (Å²) < 4.78 is 10.7. The highest BCUT2D eigenvalue weighted by molar-refractivity contribution is 6.32. The predicted octanol–water partition coefficient (Wildman–Crippen LogP) is 3.47. The molecule has 0 unspecified atom stereocenters. The molecular weight excluding hydrogens is 342 g/mol. The van der Waals surface area contributed by atoms with Crippen molar-refractivity contribution in [2.45, 2.75) is 19.6 Å². The van der Waals surface area contributed by atoms with Crippen LogP contribution >= 0.6 is 11.6 Å². The van der Waals surface area contributed by atoms with Gasteiger partial charge in [0, 0.05) is 5.56 Å². The number of amides is 1. The number of carbonyl (C=O) groups excluding carboxylic acids is 1. The molecular formula is C18H16ClN3O3. The highest BCUT2D eigenvalue weighted by Crippen LogP contribution is 2.24. The number of nitrogens with zero attached hydrogens (tertiary/aromatic N) is 2. The van der Waals surface area contributed by atoms with Gasteiger partial charge in [0.25, 0.3) is 5.91 Å². The van der Waals surface area contributed by atoms with Crippen molar-refractivity contribution in [3.63, 3.8) is 0 Å². The van der Waals surface area contributed by atoms with Gasteiger partial charge in [-0.25, -0.2) is 0 Å². The van der Waals surface area contributed by atoms with E-state index in [9.17, 15) is 4.79 Å². The number of ether oxygens (including phenoxy) is 1. The average molecular weight is 358 g/mol. The fourth-order valence-electron chi connectivity index (χ4n) is 2.12. The Hall–Kier alpha value is -2.86. The van der Waals surface area contributed by atoms with Crippen molar-refractivity contribution < 1.29 is 14.1 Å². The number of rotatable bonds is 6. The van der Waals surface area contributed by atoms with Gasteiger partial charge in [-0.15, -0.1) is 0 Å². The fraction of sp³-hybridized carbons (Fsp3) is 0.167. The summed E-state index contributed by atoms with van der Waals surface area (Å²) in [6.45, 7) is 1.76. The molecule has 3 aromatic rings. The SMILES string of the molecule is C[C@H](Oc1ccccc1Cl)C(=O)NCc1nc(-c2ccccc2)no1. The second-order valence-electron chi connectivity index (χ2n) is 5.29. The lowest BCUT2D eigenvalue weighted by Gasteiger charge is -2.14. The molecule has 1 amide bonds. The van der Waals surface area contributed by atoms with Crippen molar-refractivity contribution in [2.75, 3.05) is 0 Å². The summed E-state index contributed by atoms with van der Waals surface area (Å²) in [6, 6.07) is 16.4. The van der Waals surface area contributed by atoms with Crippen LogP contribution in [0.4, 0.5) is 0 Å². The van der Waals surface area contributed by atoms with E-state index in [4.69, 9.17) is 20.9 Å². The predicted molar refractivity (Wildman–Crippen MR) is 93.1 cm³/mol. The summed E-state index contributed by atoms with van der Waals surface area (Å²) in [5.74, 6) is 0.942. The van der Waals surface area contributed by atoms with Crippen LogP contribution in [-0.2, 0) is 11.3 Å². The number of benzene rings is 2. The molecule has 25 heavy (non-hydrogen) atoms. The Kier molecular flexibility index (Phi) is 5.30. The lowest BCUT2D eigenvalue weighted by molar-refractivity contribution is -0.127. The Labute approximate surface area is 149 Å². The molecule has 0 aliphatic heterocycles. The molecule has 0 fully saturated rings. The molecule has 0 bridgehead atoms. The summed E-state index contributed by atoms with van der Waals surface area (Å²) >= 11 is 6.02. The molecule has 1 heterocycles. The topological polar surface area (TPSA) is 77.2 Å². The monoisotopic (exact) mass is 357 g/mol. The lowest BCUT2D eigenvalue weighted by Crippen LogP contribution is -2.36. The van der Waals surface area contributed by atoms with Gasteiger partial charge in [-0.2, -0.15) is 4.98 Å². The van der Waals surface area contributed by atoms with Gasteiger partial charge in [0.1, 0.15) is 5.75 Å². The first-order chi connectivity index (χ1) is 12.1. The van der Waals surface area contributed by atoms with Gasteiger partial charge >= 0.3 is 0 Å². The zero-order valence-electron chi connectivity index (χ0n) is 13.5. The van der Waals surface area contributed by atoms with E-state index in [0.717, 1.165) is 5.56 Å². The van der Waals surface area contributed by atoms with Crippen LogP contribution in [0, 0.1) is 0 Å². The van der Waals surface area contributed by atoms with E-state index in [1.165, 1.54) is 0 Å². The third-order valence-corrected chi connectivity index (χ3v) is 3.74. The van der Waals surface area contributed by atoms with Crippen molar-refractivity contribution in [3.05, 3.63) is 65.5 Å². The molecule has 1 atom stereocenters. The van der Waals surface area contributed by atoms with Crippen LogP contribution in [0.3, 0.4) is 0 Å². The molecule has 0 spiro atoms. The second kappa shape index (κ2) is 7.81. The van der Waals surface area contributed by atoms with E-state index in [0.29, 0.717) is 22.5 Å². The first-order valence-corrected chi connectivity index (χ1v) is 8.08. The lowest BCUT2D eigenvalue weighted by atomic mass is 10.2. The highest BCUT2D eigenvalue weighted by Gasteiger charge is 2.17. The number of hydrogen-bond donors (Lipinski definition) is 1. The standard InChI is InChI=1S/C18H16ClN3O3/c1-12(24-15-10-6-5-9-14(15)19)18(23)20-11-16-21-17(22-25-16)13-7-3-2-4-8-13/h2-10,12H,11H2,1H3,(H,20,23)/t12-/m0/s1. The van der Waals surface area contributed by atoms with Gasteiger partial charge in [0.05, 0.1) is 11.6 Å². The van der Waals surface area contributed by atoms with E-state index in [1.54, 1.807) is 31.2 Å². The summed E-state index contributed by atoms with van der Waals surface area (Å²) in [6.07, 6.45) is -0.712. The zero-order chi connectivity index (χ0) is 17.6. The highest BCUT2D eigenvalue weighted by atomic mass is 35.5. The summed E-state index contributed by atoms with van der Waals surface area (Å²) in [5.41, 5.74) is 0.847. The smallest absolute Gasteiger partial charge is 0.261 e. The molecule has 1 N–H and O–H groups in total. The maximum Gasteiger partial charge on any atom is 0.261 e. The van der Waals surface area contributed by atoms with Crippen LogP contribution in [-0.4, -0.2) is 22.2 Å². The quantitative estimate of drug-likeness (QED) is 0.730. The molecule has 0 radical (unpaired) electrons. The van der Waals surface area contributed by atoms with Crippen LogP contribution in [0.5, 0.6) is 5.75 Å². The molecule has 0 aliphatic carbocycles. The Bertz CT molecular complexity index is 852. The Morgan fingerprint density at radius 3 is 2.68 bits per heavy atom. The van der Waals surface area contributed by atoms with Crippen LogP contribution in [0.25, 0.3) is 11.4 Å². The molecule has 3 rings (SSSR count). The van der Waals surface area contributed by atoms with Gasteiger partial charge in [-0.1, -0.05) is 59.2 Å². The molecule has 0 saturated carbocycles. The van der Waals surface area contributed by atoms with Crippen LogP contribution in [0.15, 0.2) is 59.1 Å². The maximum atomic E-state index is 12.1. The minimum atomic E-state index is -0.712. The number of aromatic nitrogens is 2. The molecule has 6 nitrogen and oxygen atoms in total. The summed E-state index contributed by atoms with van der Waals surface area (Å²) in [5, 5.41) is 7.05. The second-order valence-corrected chi connectivity index (χ2v) is 5.69. The van der Waals surface area contributed by atoms with Crippen molar-refractivity contribution in [3.8, 4) is 17.1 Å². The fourth-order valence-corrected chi connectivity index (χ4v) is 2.30. The normalized spacial score (nSPS) is 11.8. The molecule has 7 heteroatoms. The molecule has 2 aromatic carbocycles. The van der Waals surface area contributed by atoms with Crippen molar-refractivity contribution in [1.29, 1.82) is 0 Å². The Morgan fingerprint density at radius 2 is 1.92 bits per heavy atom. The molecule has 0 saturated heterocycles. The minimum absolute atomic E-state index is 0.120. The summed E-state index contributed by atoms with van der Waals surface area (Å²) in [7, 11) is 0. The largest absolute Gasteiger partial charge is 0.479 e. The van der Waals surface area contributed by atoms with Gasteiger partial charge in [-0.05, 0) is 19.1 Å². The first-order valence-electron chi connectivity index (χ1n) is 7.70. The van der Waals surface area contributed by atoms with E-state index < -0.39 is 6.10 Å². The number of nitrogens with one attached hydrogen (secondary N) is 1. The van der Waals surface area contributed by atoms with Gasteiger partial charge in [0.15, 0.2) is 6.10 Å². The first kappa shape index (κ1) is 17.0. The van der Waals surface area contributed by atoms with E-state index >= 15 is 0 Å². The van der Waals surface area contributed by atoms with Crippen molar-refractivity contribution in [1.82, 2.24) is 15.5 Å². The Morgan fingerprint density at radius 1 is 1.20 bits per heavy atom. The Balaban J connectivity index is 1.55. The number of para-hydroxylation sites is 1.